The standard InChI is InChI=1S/C10H9BO3/c1-7(12)9-3-2-8-4-5-14-11(13)10(8)6-9/h2-6,13H,1H3. The van der Waals surface area contributed by atoms with Crippen LogP contribution in [0.2, 0.25) is 0 Å². The Morgan fingerprint density at radius 1 is 1.50 bits per heavy atom. The zero-order valence-corrected chi connectivity index (χ0v) is 7.73. The van der Waals surface area contributed by atoms with Crippen LogP contribution in [0.25, 0.3) is 6.08 Å². The van der Waals surface area contributed by atoms with Crippen LogP contribution >= 0.6 is 0 Å². The predicted molar refractivity (Wildman–Crippen MR) is 54.2 cm³/mol. The minimum Gasteiger partial charge on any atom is -0.538 e. The maximum atomic E-state index is 11.1. The third-order valence-electron chi connectivity index (χ3n) is 2.21. The number of Topliss-reactive ketones (excluding diaryl/α,β-unsaturated/α-hetero) is 1. The van der Waals surface area contributed by atoms with E-state index in [1.807, 2.05) is 0 Å². The van der Waals surface area contributed by atoms with Crippen molar-refractivity contribution in [1.29, 1.82) is 0 Å². The van der Waals surface area contributed by atoms with Gasteiger partial charge in [0, 0.05) is 11.0 Å². The first-order chi connectivity index (χ1) is 6.68. The third-order valence-corrected chi connectivity index (χ3v) is 2.21. The van der Waals surface area contributed by atoms with Gasteiger partial charge >= 0.3 is 7.12 Å². The molecule has 1 aromatic carbocycles. The number of hydrogen-bond acceptors (Lipinski definition) is 3. The molecule has 0 atom stereocenters. The zero-order chi connectivity index (χ0) is 10.1. The fourth-order valence-electron chi connectivity index (χ4n) is 1.42. The quantitative estimate of drug-likeness (QED) is 0.517. The second-order valence-electron chi connectivity index (χ2n) is 3.19. The van der Waals surface area contributed by atoms with Crippen LogP contribution in [0.4, 0.5) is 0 Å². The molecule has 3 nitrogen and oxygen atoms in total. The highest BCUT2D eigenvalue weighted by atomic mass is 16.5. The summed E-state index contributed by atoms with van der Waals surface area (Å²) in [7, 11) is -0.964. The average Bonchev–Trinajstić information content (AvgIpc) is 2.18. The van der Waals surface area contributed by atoms with Gasteiger partial charge in [0.15, 0.2) is 5.78 Å². The van der Waals surface area contributed by atoms with Crippen LogP contribution < -0.4 is 5.46 Å². The first kappa shape index (κ1) is 9.03. The van der Waals surface area contributed by atoms with Crippen LogP contribution in [0.5, 0.6) is 0 Å². The summed E-state index contributed by atoms with van der Waals surface area (Å²) in [6, 6.07) is 5.20. The van der Waals surface area contributed by atoms with E-state index in [1.54, 1.807) is 24.3 Å². The van der Waals surface area contributed by atoms with Gasteiger partial charge in [0.05, 0.1) is 6.26 Å². The van der Waals surface area contributed by atoms with E-state index in [0.717, 1.165) is 5.56 Å². The largest absolute Gasteiger partial charge is 0.560 e. The molecule has 0 fully saturated rings. The Kier molecular flexibility index (Phi) is 2.13. The minimum absolute atomic E-state index is 0.0189. The van der Waals surface area contributed by atoms with E-state index in [4.69, 9.17) is 4.65 Å². The van der Waals surface area contributed by atoms with E-state index < -0.39 is 7.12 Å². The Hall–Kier alpha value is -1.55. The number of ketones is 1. The van der Waals surface area contributed by atoms with Gasteiger partial charge in [0.1, 0.15) is 0 Å². The van der Waals surface area contributed by atoms with E-state index >= 15 is 0 Å². The van der Waals surface area contributed by atoms with Crippen molar-refractivity contribution in [2.24, 2.45) is 0 Å². The second kappa shape index (κ2) is 3.31. The van der Waals surface area contributed by atoms with Gasteiger partial charge in [-0.05, 0) is 24.6 Å². The van der Waals surface area contributed by atoms with Gasteiger partial charge in [-0.2, -0.15) is 0 Å². The Balaban J connectivity index is 2.52. The number of carbonyl (C=O) groups excluding carboxylic acids is 1. The molecule has 1 aromatic rings. The Labute approximate surface area is 82.2 Å². The van der Waals surface area contributed by atoms with Crippen molar-refractivity contribution in [3.05, 3.63) is 35.6 Å². The lowest BCUT2D eigenvalue weighted by Gasteiger charge is -2.14. The summed E-state index contributed by atoms with van der Waals surface area (Å²) in [6.07, 6.45) is 3.20. The molecular weight excluding hydrogens is 179 g/mol. The Morgan fingerprint density at radius 2 is 2.29 bits per heavy atom. The Morgan fingerprint density at radius 3 is 3.00 bits per heavy atom. The van der Waals surface area contributed by atoms with E-state index in [1.165, 1.54) is 13.2 Å². The number of carbonyl (C=O) groups is 1. The SMILES string of the molecule is CC(=O)c1ccc2c(c1)B(O)OC=C2. The summed E-state index contributed by atoms with van der Waals surface area (Å²) < 4.78 is 4.90. The molecule has 14 heavy (non-hydrogen) atoms. The first-order valence-electron chi connectivity index (χ1n) is 4.33. The van der Waals surface area contributed by atoms with Crippen LogP contribution in [0.1, 0.15) is 22.8 Å². The van der Waals surface area contributed by atoms with Crippen molar-refractivity contribution in [3.63, 3.8) is 0 Å². The van der Waals surface area contributed by atoms with Gasteiger partial charge in [0.25, 0.3) is 0 Å². The minimum atomic E-state index is -0.964. The lowest BCUT2D eigenvalue weighted by atomic mass is 9.74. The molecule has 1 heterocycles. The van der Waals surface area contributed by atoms with Gasteiger partial charge in [-0.1, -0.05) is 12.1 Å². The second-order valence-corrected chi connectivity index (χ2v) is 3.19. The summed E-state index contributed by atoms with van der Waals surface area (Å²) in [5, 5.41) is 9.48. The van der Waals surface area contributed by atoms with Gasteiger partial charge in [-0.25, -0.2) is 0 Å². The highest BCUT2D eigenvalue weighted by Gasteiger charge is 2.23. The fraction of sp³-hybridized carbons (Fsp3) is 0.100. The molecule has 0 bridgehead atoms. The molecule has 0 aromatic heterocycles. The predicted octanol–water partition coefficient (Wildman–Crippen LogP) is 0.578. The number of hydrogen-bond donors (Lipinski definition) is 1. The molecule has 70 valence electrons. The van der Waals surface area contributed by atoms with Crippen molar-refractivity contribution in [2.45, 2.75) is 6.92 Å². The lowest BCUT2D eigenvalue weighted by molar-refractivity contribution is 0.101. The van der Waals surface area contributed by atoms with Gasteiger partial charge < -0.3 is 9.68 Å². The third kappa shape index (κ3) is 1.44. The molecule has 1 aliphatic rings. The molecule has 2 rings (SSSR count). The molecular formula is C10H9BO3. The summed E-state index contributed by atoms with van der Waals surface area (Å²) in [5.41, 5.74) is 2.11. The Bertz CT molecular complexity index is 412. The molecule has 0 saturated carbocycles. The van der Waals surface area contributed by atoms with Crippen molar-refractivity contribution < 1.29 is 14.5 Å². The van der Waals surface area contributed by atoms with Gasteiger partial charge in [0.2, 0.25) is 0 Å². The summed E-state index contributed by atoms with van der Waals surface area (Å²) in [5.74, 6) is -0.0189. The highest BCUT2D eigenvalue weighted by molar-refractivity contribution is 6.61. The molecule has 4 heteroatoms. The van der Waals surface area contributed by atoms with Gasteiger partial charge in [-0.3, -0.25) is 4.79 Å². The lowest BCUT2D eigenvalue weighted by Crippen LogP contribution is -2.36. The smallest absolute Gasteiger partial charge is 0.538 e. The molecule has 1 N–H and O–H groups in total. The normalized spacial score (nSPS) is 13.4. The maximum absolute atomic E-state index is 11.1. The summed E-state index contributed by atoms with van der Waals surface area (Å²) >= 11 is 0. The molecule has 0 aliphatic carbocycles. The van der Waals surface area contributed by atoms with Crippen molar-refractivity contribution in [1.82, 2.24) is 0 Å². The fourth-order valence-corrected chi connectivity index (χ4v) is 1.42. The average molecular weight is 188 g/mol. The van der Waals surface area contributed by atoms with Gasteiger partial charge in [-0.15, -0.1) is 0 Å². The van der Waals surface area contributed by atoms with Crippen molar-refractivity contribution in [2.75, 3.05) is 0 Å². The van der Waals surface area contributed by atoms with E-state index in [9.17, 15) is 9.82 Å². The van der Waals surface area contributed by atoms with Crippen LogP contribution in [-0.2, 0) is 4.65 Å². The van der Waals surface area contributed by atoms with Crippen LogP contribution in [0.15, 0.2) is 24.5 Å². The van der Waals surface area contributed by atoms with Crippen molar-refractivity contribution in [3.8, 4) is 0 Å². The maximum Gasteiger partial charge on any atom is 0.560 e. The number of fused-ring (bicyclic) bond motifs is 1. The van der Waals surface area contributed by atoms with Crippen molar-refractivity contribution >= 4 is 24.4 Å². The number of benzene rings is 1. The summed E-state index contributed by atoms with van der Waals surface area (Å²) in [4.78, 5) is 11.1. The molecule has 0 radical (unpaired) electrons. The topological polar surface area (TPSA) is 46.5 Å². The monoisotopic (exact) mass is 188 g/mol. The molecule has 0 spiro atoms. The van der Waals surface area contributed by atoms with E-state index in [2.05, 4.69) is 0 Å². The molecule has 1 aliphatic heterocycles. The number of rotatable bonds is 1. The zero-order valence-electron chi connectivity index (χ0n) is 7.73. The van der Waals surface area contributed by atoms with Crippen LogP contribution in [0, 0.1) is 0 Å². The van der Waals surface area contributed by atoms with E-state index in [-0.39, 0.29) is 5.78 Å². The first-order valence-corrected chi connectivity index (χ1v) is 4.33. The molecule has 0 unspecified atom stereocenters. The highest BCUT2D eigenvalue weighted by Crippen LogP contribution is 2.10. The van der Waals surface area contributed by atoms with Crippen LogP contribution in [0.3, 0.4) is 0 Å². The summed E-state index contributed by atoms with van der Waals surface area (Å²) in [6.45, 7) is 1.49. The molecule has 0 amide bonds. The van der Waals surface area contributed by atoms with E-state index in [0.29, 0.717) is 11.0 Å². The molecule has 0 saturated heterocycles. The van der Waals surface area contributed by atoms with Crippen LogP contribution in [-0.4, -0.2) is 17.9 Å².